The Bertz CT molecular complexity index is 2500. The van der Waals surface area contributed by atoms with E-state index < -0.39 is 5.41 Å². The minimum Gasteiger partial charge on any atom is -0.308 e. The molecule has 1 aliphatic heterocycles. The van der Waals surface area contributed by atoms with Crippen LogP contribution in [0, 0.1) is 22.7 Å². The predicted octanol–water partition coefficient (Wildman–Crippen LogP) is 10.7. The number of nitriles is 2. The van der Waals surface area contributed by atoms with E-state index in [0.717, 1.165) is 61.1 Å². The van der Waals surface area contributed by atoms with Crippen molar-refractivity contribution in [3.8, 4) is 17.8 Å². The quantitative estimate of drug-likeness (QED) is 0.196. The first kappa shape index (κ1) is 28.4. The van der Waals surface area contributed by atoms with Crippen LogP contribution in [-0.2, 0) is 5.41 Å². The Morgan fingerprint density at radius 1 is 0.408 bits per heavy atom. The van der Waals surface area contributed by atoms with Gasteiger partial charge in [-0.15, -0.1) is 0 Å². The third-order valence-corrected chi connectivity index (χ3v) is 9.93. The van der Waals surface area contributed by atoms with E-state index in [1.54, 1.807) is 6.07 Å². The fraction of sp³-hybridized carbons (Fsp3) is 0.0222. The van der Waals surface area contributed by atoms with E-state index in [1.165, 1.54) is 0 Å². The van der Waals surface area contributed by atoms with Crippen molar-refractivity contribution in [3.63, 3.8) is 0 Å². The van der Waals surface area contributed by atoms with E-state index in [1.807, 2.05) is 30.3 Å². The lowest BCUT2D eigenvalue weighted by atomic mass is 9.62. The van der Waals surface area contributed by atoms with Crippen molar-refractivity contribution in [3.05, 3.63) is 203 Å². The van der Waals surface area contributed by atoms with Crippen LogP contribution < -0.4 is 4.90 Å². The molecule has 0 spiro atoms. The summed E-state index contributed by atoms with van der Waals surface area (Å²) < 4.78 is 2.16. The number of hydrogen-bond acceptors (Lipinski definition) is 3. The van der Waals surface area contributed by atoms with E-state index in [9.17, 15) is 10.5 Å². The zero-order valence-corrected chi connectivity index (χ0v) is 26.5. The second-order valence-electron chi connectivity index (χ2n) is 12.3. The smallest absolute Gasteiger partial charge is 0.101 e. The Labute approximate surface area is 284 Å². The molecule has 228 valence electrons. The number of aromatic nitrogens is 1. The van der Waals surface area contributed by atoms with Crippen LogP contribution in [0.3, 0.4) is 0 Å². The molecule has 1 aromatic heterocycles. The lowest BCUT2D eigenvalue weighted by Crippen LogP contribution is -2.37. The Balaban J connectivity index is 1.39. The van der Waals surface area contributed by atoms with Crippen molar-refractivity contribution in [2.45, 2.75) is 5.41 Å². The first-order valence-electron chi connectivity index (χ1n) is 16.3. The van der Waals surface area contributed by atoms with Crippen molar-refractivity contribution < 1.29 is 0 Å². The Morgan fingerprint density at radius 3 is 1.35 bits per heavy atom. The van der Waals surface area contributed by atoms with Crippen molar-refractivity contribution in [1.29, 1.82) is 10.5 Å². The molecular weight excluding hydrogens is 597 g/mol. The SMILES string of the molecule is N#Cc1cc(C#N)c(-n2c3ccccc3c3ccccc32)cc1N1c2ccccc2C(c2ccccc2)(c2ccccc2)c2ccccc21. The molecule has 8 aromatic rings. The van der Waals surface area contributed by atoms with E-state index in [4.69, 9.17) is 0 Å². The van der Waals surface area contributed by atoms with Crippen molar-refractivity contribution in [2.24, 2.45) is 0 Å². The van der Waals surface area contributed by atoms with Crippen LogP contribution in [0.5, 0.6) is 0 Å². The highest BCUT2D eigenvalue weighted by molar-refractivity contribution is 6.09. The highest BCUT2D eigenvalue weighted by Crippen LogP contribution is 2.58. The number of fused-ring (bicyclic) bond motifs is 5. The summed E-state index contributed by atoms with van der Waals surface area (Å²) in [5.74, 6) is 0. The summed E-state index contributed by atoms with van der Waals surface area (Å²) in [6, 6.07) is 63.6. The molecule has 0 fully saturated rings. The molecule has 0 N–H and O–H groups in total. The van der Waals surface area contributed by atoms with Gasteiger partial charge in [0.05, 0.1) is 50.3 Å². The molecule has 0 saturated carbocycles. The van der Waals surface area contributed by atoms with Crippen LogP contribution in [0.2, 0.25) is 0 Å². The zero-order valence-electron chi connectivity index (χ0n) is 26.5. The van der Waals surface area contributed by atoms with E-state index in [-0.39, 0.29) is 0 Å². The number of hydrogen-bond donors (Lipinski definition) is 0. The normalized spacial score (nSPS) is 13.0. The summed E-state index contributed by atoms with van der Waals surface area (Å²) in [6.07, 6.45) is 0. The molecule has 0 bridgehead atoms. The van der Waals surface area contributed by atoms with Gasteiger partial charge >= 0.3 is 0 Å². The topological polar surface area (TPSA) is 55.8 Å². The van der Waals surface area contributed by atoms with Gasteiger partial charge in [0.15, 0.2) is 0 Å². The number of rotatable bonds is 4. The van der Waals surface area contributed by atoms with Crippen molar-refractivity contribution >= 4 is 38.9 Å². The van der Waals surface area contributed by atoms with Gasteiger partial charge in [0.1, 0.15) is 12.1 Å². The second kappa shape index (κ2) is 11.1. The Kier molecular flexibility index (Phi) is 6.44. The maximum absolute atomic E-state index is 10.7. The minimum absolute atomic E-state index is 0.428. The summed E-state index contributed by atoms with van der Waals surface area (Å²) in [5, 5.41) is 23.4. The van der Waals surface area contributed by atoms with Crippen molar-refractivity contribution in [2.75, 3.05) is 4.90 Å². The molecule has 0 aliphatic carbocycles. The van der Waals surface area contributed by atoms with Gasteiger partial charge in [-0.3, -0.25) is 0 Å². The summed E-state index contributed by atoms with van der Waals surface area (Å²) in [7, 11) is 0. The molecular formula is C45H28N4. The molecule has 0 atom stereocenters. The third kappa shape index (κ3) is 4.02. The molecule has 0 unspecified atom stereocenters. The molecule has 0 amide bonds. The Hall–Kier alpha value is -6.88. The average Bonchev–Trinajstić information content (AvgIpc) is 3.51. The lowest BCUT2D eigenvalue weighted by molar-refractivity contribution is 0.731. The van der Waals surface area contributed by atoms with Crippen LogP contribution in [0.4, 0.5) is 17.1 Å². The molecule has 9 rings (SSSR count). The van der Waals surface area contributed by atoms with Gasteiger partial charge in [-0.05, 0) is 58.7 Å². The summed E-state index contributed by atoms with van der Waals surface area (Å²) in [5.41, 5.74) is 10.2. The highest BCUT2D eigenvalue weighted by atomic mass is 15.2. The monoisotopic (exact) mass is 624 g/mol. The number of benzene rings is 7. The van der Waals surface area contributed by atoms with Gasteiger partial charge in [-0.1, -0.05) is 133 Å². The van der Waals surface area contributed by atoms with Crippen molar-refractivity contribution in [1.82, 2.24) is 4.57 Å². The number of anilines is 3. The van der Waals surface area contributed by atoms with Gasteiger partial charge in [-0.2, -0.15) is 10.5 Å². The van der Waals surface area contributed by atoms with Crippen LogP contribution >= 0.6 is 0 Å². The minimum atomic E-state index is -0.624. The fourth-order valence-corrected chi connectivity index (χ4v) is 7.98. The van der Waals surface area contributed by atoms with Gasteiger partial charge in [0.25, 0.3) is 0 Å². The summed E-state index contributed by atoms with van der Waals surface area (Å²) in [4.78, 5) is 2.21. The second-order valence-corrected chi connectivity index (χ2v) is 12.3. The van der Waals surface area contributed by atoms with Gasteiger partial charge < -0.3 is 9.47 Å². The molecule has 1 aliphatic rings. The predicted molar refractivity (Wildman–Crippen MR) is 197 cm³/mol. The van der Waals surface area contributed by atoms with Gasteiger partial charge in [0.2, 0.25) is 0 Å². The van der Waals surface area contributed by atoms with E-state index in [0.29, 0.717) is 16.8 Å². The molecule has 4 nitrogen and oxygen atoms in total. The van der Waals surface area contributed by atoms with Crippen LogP contribution in [0.1, 0.15) is 33.4 Å². The molecule has 49 heavy (non-hydrogen) atoms. The molecule has 0 saturated heterocycles. The first-order valence-corrected chi connectivity index (χ1v) is 16.3. The van der Waals surface area contributed by atoms with E-state index >= 15 is 0 Å². The van der Waals surface area contributed by atoms with Crippen LogP contribution in [0.15, 0.2) is 170 Å². The van der Waals surface area contributed by atoms with Crippen LogP contribution in [0.25, 0.3) is 27.5 Å². The lowest BCUT2D eigenvalue weighted by Gasteiger charge is -2.46. The average molecular weight is 625 g/mol. The summed E-state index contributed by atoms with van der Waals surface area (Å²) in [6.45, 7) is 0. The Morgan fingerprint density at radius 2 is 0.837 bits per heavy atom. The van der Waals surface area contributed by atoms with Gasteiger partial charge in [-0.25, -0.2) is 0 Å². The maximum Gasteiger partial charge on any atom is 0.101 e. The van der Waals surface area contributed by atoms with Crippen LogP contribution in [-0.4, -0.2) is 4.57 Å². The molecule has 0 radical (unpaired) electrons. The molecule has 2 heterocycles. The highest BCUT2D eigenvalue weighted by Gasteiger charge is 2.46. The zero-order chi connectivity index (χ0) is 33.0. The largest absolute Gasteiger partial charge is 0.308 e. The van der Waals surface area contributed by atoms with E-state index in [2.05, 4.69) is 155 Å². The van der Waals surface area contributed by atoms with Gasteiger partial charge in [0, 0.05) is 10.8 Å². The number of para-hydroxylation sites is 4. The molecule has 4 heteroatoms. The maximum atomic E-state index is 10.7. The molecule has 7 aromatic carbocycles. The summed E-state index contributed by atoms with van der Waals surface area (Å²) >= 11 is 0. The third-order valence-electron chi connectivity index (χ3n) is 9.93. The standard InChI is InChI=1S/C45H28N4/c46-29-31-27-32(30-47)44(28-43(31)48-39-23-11-7-19-35(39)36-20-8-12-24-40(36)48)49-41-25-13-9-21-37(41)45(33-15-3-1-4-16-33,34-17-5-2-6-18-34)38-22-10-14-26-42(38)49/h1-28H. The fourth-order valence-electron chi connectivity index (χ4n) is 7.98. The number of nitrogens with zero attached hydrogens (tertiary/aromatic N) is 4. The first-order chi connectivity index (χ1) is 24.3.